The van der Waals surface area contributed by atoms with Crippen LogP contribution in [0.3, 0.4) is 0 Å². The minimum absolute atomic E-state index is 0.00202. The maximum Gasteiger partial charge on any atom is 0.272 e. The van der Waals surface area contributed by atoms with Crippen molar-refractivity contribution in [3.63, 3.8) is 0 Å². The number of ether oxygens (including phenoxy) is 1. The number of aryl methyl sites for hydroxylation is 3. The molecule has 2 heterocycles. The minimum atomic E-state index is -0.621. The lowest BCUT2D eigenvalue weighted by Crippen LogP contribution is -2.44. The molecule has 0 radical (unpaired) electrons. The number of halogens is 1. The predicted molar refractivity (Wildman–Crippen MR) is 159 cm³/mol. The molecule has 0 atom stereocenters. The molecule has 0 saturated heterocycles. The van der Waals surface area contributed by atoms with E-state index < -0.39 is 11.7 Å². The Morgan fingerprint density at radius 3 is 2.29 bits per heavy atom. The van der Waals surface area contributed by atoms with Crippen molar-refractivity contribution in [2.45, 2.75) is 64.5 Å². The zero-order chi connectivity index (χ0) is 29.6. The Bertz CT molecular complexity index is 1540. The summed E-state index contributed by atoms with van der Waals surface area (Å²) in [7, 11) is 1.80. The van der Waals surface area contributed by atoms with Gasteiger partial charge in [0.05, 0.1) is 6.20 Å². The van der Waals surface area contributed by atoms with E-state index >= 15 is 0 Å². The highest BCUT2D eigenvalue weighted by molar-refractivity contribution is 5.96. The molecule has 8 nitrogen and oxygen atoms in total. The van der Waals surface area contributed by atoms with Crippen LogP contribution in [0.25, 0.3) is 11.1 Å². The van der Waals surface area contributed by atoms with Crippen LogP contribution in [-0.2, 0) is 13.5 Å². The van der Waals surface area contributed by atoms with Gasteiger partial charge in [0.15, 0.2) is 0 Å². The van der Waals surface area contributed by atoms with Crippen molar-refractivity contribution < 1.29 is 18.7 Å². The van der Waals surface area contributed by atoms with Crippen molar-refractivity contribution in [2.75, 3.05) is 0 Å². The van der Waals surface area contributed by atoms with Gasteiger partial charge in [0, 0.05) is 24.8 Å². The molecule has 0 spiro atoms. The molecule has 218 valence electrons. The maximum atomic E-state index is 14.2. The van der Waals surface area contributed by atoms with Gasteiger partial charge in [-0.2, -0.15) is 5.10 Å². The summed E-state index contributed by atoms with van der Waals surface area (Å²) in [6, 6.07) is 18.7. The number of hydrogen-bond acceptors (Lipinski definition) is 5. The number of carbonyl (C=O) groups excluding carboxylic acids is 2. The van der Waals surface area contributed by atoms with Gasteiger partial charge in [-0.3, -0.25) is 14.3 Å². The fourth-order valence-corrected chi connectivity index (χ4v) is 5.25. The fourth-order valence-electron chi connectivity index (χ4n) is 5.25. The molecule has 5 rings (SSSR count). The lowest BCUT2D eigenvalue weighted by molar-refractivity contribution is 0.0887. The molecule has 4 aromatic rings. The van der Waals surface area contributed by atoms with E-state index in [-0.39, 0.29) is 29.4 Å². The first-order chi connectivity index (χ1) is 20.3. The van der Waals surface area contributed by atoms with Gasteiger partial charge in [-0.05, 0) is 80.0 Å². The van der Waals surface area contributed by atoms with Gasteiger partial charge >= 0.3 is 0 Å². The predicted octanol–water partition coefficient (Wildman–Crippen LogP) is 6.15. The molecule has 1 aliphatic rings. The van der Waals surface area contributed by atoms with Crippen molar-refractivity contribution in [3.05, 3.63) is 95.2 Å². The van der Waals surface area contributed by atoms with Crippen LogP contribution in [-0.4, -0.2) is 38.7 Å². The van der Waals surface area contributed by atoms with Gasteiger partial charge in [0.1, 0.15) is 22.8 Å². The maximum absolute atomic E-state index is 14.2. The summed E-state index contributed by atoms with van der Waals surface area (Å²) in [5.74, 6) is -0.731. The van der Waals surface area contributed by atoms with E-state index in [9.17, 15) is 14.0 Å². The summed E-state index contributed by atoms with van der Waals surface area (Å²) in [6.45, 7) is 4.05. The van der Waals surface area contributed by atoms with Crippen molar-refractivity contribution >= 4 is 11.8 Å². The number of pyridine rings is 1. The normalized spacial score (nSPS) is 16.6. The number of rotatable bonds is 9. The Balaban J connectivity index is 1.21. The van der Waals surface area contributed by atoms with Crippen LogP contribution in [0.2, 0.25) is 0 Å². The van der Waals surface area contributed by atoms with E-state index in [4.69, 9.17) is 4.74 Å². The van der Waals surface area contributed by atoms with E-state index in [1.165, 1.54) is 5.56 Å². The van der Waals surface area contributed by atoms with Crippen LogP contribution >= 0.6 is 0 Å². The number of carbonyl (C=O) groups is 2. The summed E-state index contributed by atoms with van der Waals surface area (Å²) in [5.41, 5.74) is 4.64. The Morgan fingerprint density at radius 1 is 0.952 bits per heavy atom. The lowest BCUT2D eigenvalue weighted by atomic mass is 9.91. The summed E-state index contributed by atoms with van der Waals surface area (Å²) in [5, 5.41) is 10.3. The largest absolute Gasteiger partial charge is 0.438 e. The second-order valence-corrected chi connectivity index (χ2v) is 10.9. The Labute approximate surface area is 245 Å². The van der Waals surface area contributed by atoms with Crippen LogP contribution in [0.1, 0.15) is 71.1 Å². The average molecular weight is 570 g/mol. The summed E-state index contributed by atoms with van der Waals surface area (Å²) >= 11 is 0. The third kappa shape index (κ3) is 7.02. The highest BCUT2D eigenvalue weighted by atomic mass is 19.1. The lowest BCUT2D eigenvalue weighted by Gasteiger charge is -2.29. The smallest absolute Gasteiger partial charge is 0.272 e. The molecule has 2 aromatic carbocycles. The van der Waals surface area contributed by atoms with E-state index in [0.717, 1.165) is 41.9 Å². The molecule has 9 heteroatoms. The monoisotopic (exact) mass is 569 g/mol. The molecule has 1 fully saturated rings. The number of hydrogen-bond donors (Lipinski definition) is 2. The second kappa shape index (κ2) is 13.0. The number of nitrogens with zero attached hydrogens (tertiary/aromatic N) is 3. The van der Waals surface area contributed by atoms with E-state index in [0.29, 0.717) is 37.1 Å². The van der Waals surface area contributed by atoms with Gasteiger partial charge in [-0.25, -0.2) is 9.37 Å². The number of benzene rings is 2. The van der Waals surface area contributed by atoms with Gasteiger partial charge in [-0.1, -0.05) is 49.7 Å². The molecule has 2 N–H and O–H groups in total. The van der Waals surface area contributed by atoms with Crippen molar-refractivity contribution in [1.29, 1.82) is 0 Å². The van der Waals surface area contributed by atoms with E-state index in [2.05, 4.69) is 51.9 Å². The summed E-state index contributed by atoms with van der Waals surface area (Å²) < 4.78 is 21.9. The molecule has 0 aliphatic heterocycles. The Kier molecular flexibility index (Phi) is 8.95. The second-order valence-electron chi connectivity index (χ2n) is 10.9. The zero-order valence-electron chi connectivity index (χ0n) is 24.2. The van der Waals surface area contributed by atoms with Gasteiger partial charge < -0.3 is 15.4 Å². The first-order valence-corrected chi connectivity index (χ1v) is 14.4. The minimum Gasteiger partial charge on any atom is -0.438 e. The Morgan fingerprint density at radius 2 is 1.64 bits per heavy atom. The van der Waals surface area contributed by atoms with Crippen molar-refractivity contribution in [2.24, 2.45) is 7.05 Å². The first kappa shape index (κ1) is 29.0. The van der Waals surface area contributed by atoms with Crippen LogP contribution in [0.4, 0.5) is 4.39 Å². The van der Waals surface area contributed by atoms with Crippen LogP contribution in [0.15, 0.2) is 66.9 Å². The third-order valence-electron chi connectivity index (χ3n) is 7.68. The highest BCUT2D eigenvalue weighted by Gasteiger charge is 2.26. The quantitative estimate of drug-likeness (QED) is 0.252. The zero-order valence-corrected chi connectivity index (χ0v) is 24.2. The molecule has 2 amide bonds. The van der Waals surface area contributed by atoms with Crippen LogP contribution < -0.4 is 15.4 Å². The molecule has 2 aromatic heterocycles. The van der Waals surface area contributed by atoms with E-state index in [1.807, 2.05) is 25.1 Å². The van der Waals surface area contributed by atoms with Gasteiger partial charge in [0.2, 0.25) is 5.88 Å². The molecule has 0 unspecified atom stereocenters. The molecule has 1 saturated carbocycles. The molecule has 0 bridgehead atoms. The fraction of sp³-hybridized carbons (Fsp3) is 0.333. The molecule has 42 heavy (non-hydrogen) atoms. The number of amides is 2. The van der Waals surface area contributed by atoms with Crippen LogP contribution in [0.5, 0.6) is 11.6 Å². The molecule has 1 aliphatic carbocycles. The Hall–Kier alpha value is -4.53. The molecular formula is C33H36FN5O3. The standard InChI is InChI=1S/C33H36FN5O3/c1-4-6-22-9-11-23(12-10-22)24-7-5-8-28(18-24)42-33-29(19-25(34)20-35-33)31(40)36-26-13-15-27(16-14-26)37-32(41)30-17-21(2)39(3)38-30/h5,7-12,17-20,26-27H,4,6,13-16H2,1-3H3,(H,36,40)(H,37,41). The van der Waals surface area contributed by atoms with Crippen molar-refractivity contribution in [3.8, 4) is 22.8 Å². The van der Waals surface area contributed by atoms with Crippen LogP contribution in [0, 0.1) is 12.7 Å². The third-order valence-corrected chi connectivity index (χ3v) is 7.68. The first-order valence-electron chi connectivity index (χ1n) is 14.4. The van der Waals surface area contributed by atoms with Gasteiger partial charge in [0.25, 0.3) is 11.8 Å². The SMILES string of the molecule is CCCc1ccc(-c2cccc(Oc3ncc(F)cc3C(=O)NC3CCC(NC(=O)c4cc(C)n(C)n4)CC3)c2)cc1. The van der Waals surface area contributed by atoms with Gasteiger partial charge in [-0.15, -0.1) is 0 Å². The summed E-state index contributed by atoms with van der Waals surface area (Å²) in [4.78, 5) is 29.9. The van der Waals surface area contributed by atoms with E-state index in [1.54, 1.807) is 23.9 Å². The topological polar surface area (TPSA) is 98.1 Å². The number of nitrogens with one attached hydrogen (secondary N) is 2. The highest BCUT2D eigenvalue weighted by Crippen LogP contribution is 2.29. The molecular weight excluding hydrogens is 533 g/mol. The van der Waals surface area contributed by atoms with Crippen molar-refractivity contribution in [1.82, 2.24) is 25.4 Å². The average Bonchev–Trinajstić information content (AvgIpc) is 3.33. The number of aromatic nitrogens is 3. The summed E-state index contributed by atoms with van der Waals surface area (Å²) in [6.07, 6.45) is 5.94.